The van der Waals surface area contributed by atoms with Crippen LogP contribution in [0.15, 0.2) is 24.3 Å². The number of hydrogen-bond donors (Lipinski definition) is 0. The number of hydrogen-bond acceptors (Lipinski definition) is 3. The Bertz CT molecular complexity index is 562. The van der Waals surface area contributed by atoms with Gasteiger partial charge in [0.2, 0.25) is 5.78 Å². The minimum Gasteiger partial charge on any atom is -0.334 e. The zero-order valence-corrected chi connectivity index (χ0v) is 13.5. The van der Waals surface area contributed by atoms with Gasteiger partial charge in [-0.1, -0.05) is 45.0 Å². The molecule has 0 radical (unpaired) electrons. The predicted molar refractivity (Wildman–Crippen MR) is 83.9 cm³/mol. The van der Waals surface area contributed by atoms with Crippen LogP contribution in [0.5, 0.6) is 0 Å². The maximum Gasteiger partial charge on any atom is 0.295 e. The highest BCUT2D eigenvalue weighted by Crippen LogP contribution is 2.22. The fourth-order valence-electron chi connectivity index (χ4n) is 2.23. The molecule has 1 aromatic rings. The smallest absolute Gasteiger partial charge is 0.295 e. The van der Waals surface area contributed by atoms with Crippen molar-refractivity contribution in [3.05, 3.63) is 35.4 Å². The van der Waals surface area contributed by atoms with Gasteiger partial charge in [-0.05, 0) is 11.0 Å². The number of rotatable bonds is 2. The molecule has 0 aromatic heterocycles. The van der Waals surface area contributed by atoms with Gasteiger partial charge in [0.15, 0.2) is 0 Å². The van der Waals surface area contributed by atoms with Crippen molar-refractivity contribution in [1.29, 1.82) is 0 Å². The van der Waals surface area contributed by atoms with Gasteiger partial charge < -0.3 is 4.90 Å². The van der Waals surface area contributed by atoms with Crippen molar-refractivity contribution in [2.75, 3.05) is 24.6 Å². The second-order valence-corrected chi connectivity index (χ2v) is 7.99. The molecule has 0 saturated carbocycles. The Hall–Kier alpha value is -1.49. The monoisotopic (exact) mass is 307 g/mol. The van der Waals surface area contributed by atoms with Gasteiger partial charge in [0.1, 0.15) is 0 Å². The Labute approximate surface area is 128 Å². The van der Waals surface area contributed by atoms with Crippen molar-refractivity contribution in [3.63, 3.8) is 0 Å². The highest BCUT2D eigenvalue weighted by atomic mass is 32.2. The van der Waals surface area contributed by atoms with Gasteiger partial charge >= 0.3 is 0 Å². The molecule has 114 valence electrons. The van der Waals surface area contributed by atoms with Crippen LogP contribution < -0.4 is 0 Å². The number of amides is 1. The molecule has 1 heterocycles. The Balaban J connectivity index is 2.09. The van der Waals surface area contributed by atoms with E-state index in [1.54, 1.807) is 12.1 Å². The molecular weight excluding hydrogens is 286 g/mol. The first-order chi connectivity index (χ1) is 9.79. The quantitative estimate of drug-likeness (QED) is 0.618. The van der Waals surface area contributed by atoms with E-state index in [-0.39, 0.29) is 5.41 Å². The summed E-state index contributed by atoms with van der Waals surface area (Å²) in [5.74, 6) is -0.0532. The van der Waals surface area contributed by atoms with E-state index in [1.807, 2.05) is 12.1 Å². The fourth-order valence-corrected chi connectivity index (χ4v) is 3.28. The lowest BCUT2D eigenvalue weighted by molar-refractivity contribution is -0.126. The molecule has 4 nitrogen and oxygen atoms in total. The van der Waals surface area contributed by atoms with Crippen molar-refractivity contribution in [2.45, 2.75) is 26.2 Å². The molecule has 0 unspecified atom stereocenters. The topological polar surface area (TPSA) is 54.5 Å². The molecule has 1 fully saturated rings. The number of Topliss-reactive ketones (excluding diaryl/α,β-unsaturated/α-hetero) is 1. The third-order valence-electron chi connectivity index (χ3n) is 3.67. The highest BCUT2D eigenvalue weighted by Gasteiger charge is 2.26. The van der Waals surface area contributed by atoms with Crippen LogP contribution in [-0.4, -0.2) is 45.4 Å². The molecule has 0 spiro atoms. The average molecular weight is 307 g/mol. The second kappa shape index (κ2) is 6.10. The lowest BCUT2D eigenvalue weighted by Crippen LogP contribution is -2.44. The molecule has 1 aromatic carbocycles. The van der Waals surface area contributed by atoms with Gasteiger partial charge in [0.05, 0.1) is 0 Å². The summed E-state index contributed by atoms with van der Waals surface area (Å²) < 4.78 is 11.3. The molecular formula is C16H21NO3S. The van der Waals surface area contributed by atoms with Crippen LogP contribution in [0.2, 0.25) is 0 Å². The first-order valence-electron chi connectivity index (χ1n) is 7.08. The molecule has 5 heteroatoms. The van der Waals surface area contributed by atoms with Crippen molar-refractivity contribution >= 4 is 22.5 Å². The molecule has 0 aliphatic carbocycles. The third kappa shape index (κ3) is 3.79. The molecule has 0 N–H and O–H groups in total. The van der Waals surface area contributed by atoms with Crippen LogP contribution in [0.1, 0.15) is 36.7 Å². The summed E-state index contributed by atoms with van der Waals surface area (Å²) in [5.41, 5.74) is 1.56. The number of nitrogens with zero attached hydrogens (tertiary/aromatic N) is 1. The van der Waals surface area contributed by atoms with Crippen molar-refractivity contribution < 1.29 is 13.8 Å². The van der Waals surface area contributed by atoms with Gasteiger partial charge in [-0.2, -0.15) is 0 Å². The van der Waals surface area contributed by atoms with E-state index in [4.69, 9.17) is 0 Å². The van der Waals surface area contributed by atoms with Crippen LogP contribution in [0.4, 0.5) is 0 Å². The van der Waals surface area contributed by atoms with E-state index < -0.39 is 22.5 Å². The zero-order valence-electron chi connectivity index (χ0n) is 12.7. The average Bonchev–Trinajstić information content (AvgIpc) is 2.46. The number of ketones is 1. The summed E-state index contributed by atoms with van der Waals surface area (Å²) in [5, 5.41) is 0. The van der Waals surface area contributed by atoms with Crippen LogP contribution >= 0.6 is 0 Å². The number of benzene rings is 1. The lowest BCUT2D eigenvalue weighted by atomic mass is 9.86. The van der Waals surface area contributed by atoms with Gasteiger partial charge in [-0.15, -0.1) is 0 Å². The molecule has 0 bridgehead atoms. The first kappa shape index (κ1) is 15.9. The second-order valence-electron chi connectivity index (χ2n) is 6.30. The first-order valence-corrected chi connectivity index (χ1v) is 8.57. The summed E-state index contributed by atoms with van der Waals surface area (Å²) in [4.78, 5) is 25.9. The molecule has 0 atom stereocenters. The maximum absolute atomic E-state index is 12.2. The Morgan fingerprint density at radius 3 is 2.05 bits per heavy atom. The summed E-state index contributed by atoms with van der Waals surface area (Å²) >= 11 is 0. The largest absolute Gasteiger partial charge is 0.334 e. The minimum atomic E-state index is -0.853. The van der Waals surface area contributed by atoms with Crippen LogP contribution in [-0.2, 0) is 21.0 Å². The lowest BCUT2D eigenvalue weighted by Gasteiger charge is -2.25. The van der Waals surface area contributed by atoms with Crippen LogP contribution in [0.3, 0.4) is 0 Å². The van der Waals surface area contributed by atoms with E-state index in [0.717, 1.165) is 5.56 Å². The zero-order chi connectivity index (χ0) is 15.6. The molecule has 1 aliphatic rings. The highest BCUT2D eigenvalue weighted by molar-refractivity contribution is 7.85. The summed E-state index contributed by atoms with van der Waals surface area (Å²) in [7, 11) is -0.853. The SMILES string of the molecule is CC(C)(C)c1ccc(C(=O)C(=O)N2CCS(=O)CC2)cc1. The van der Waals surface area contributed by atoms with E-state index in [9.17, 15) is 13.8 Å². The molecule has 21 heavy (non-hydrogen) atoms. The molecule has 1 amide bonds. The van der Waals surface area contributed by atoms with Crippen molar-refractivity contribution in [1.82, 2.24) is 4.90 Å². The minimum absolute atomic E-state index is 0.0164. The van der Waals surface area contributed by atoms with Crippen molar-refractivity contribution in [2.24, 2.45) is 0 Å². The van der Waals surface area contributed by atoms with Crippen LogP contribution in [0.25, 0.3) is 0 Å². The van der Waals surface area contributed by atoms with Crippen molar-refractivity contribution in [3.8, 4) is 0 Å². The van der Waals surface area contributed by atoms with Gasteiger partial charge in [0, 0.05) is 41.0 Å². The Morgan fingerprint density at radius 1 is 1.05 bits per heavy atom. The third-order valence-corrected chi connectivity index (χ3v) is 4.95. The summed E-state index contributed by atoms with van der Waals surface area (Å²) in [6.07, 6.45) is 0. The predicted octanol–water partition coefficient (Wildman–Crippen LogP) is 1.76. The Morgan fingerprint density at radius 2 is 1.57 bits per heavy atom. The summed E-state index contributed by atoms with van der Waals surface area (Å²) in [6.45, 7) is 7.10. The standard InChI is InChI=1S/C16H21NO3S/c1-16(2,3)13-6-4-12(5-7-13)14(18)15(19)17-8-10-21(20)11-9-17/h4-7H,8-11H2,1-3H3. The van der Waals surface area contributed by atoms with E-state index in [1.165, 1.54) is 4.90 Å². The normalized spacial score (nSPS) is 16.8. The van der Waals surface area contributed by atoms with E-state index in [2.05, 4.69) is 20.8 Å². The van der Waals surface area contributed by atoms with Gasteiger partial charge in [0.25, 0.3) is 5.91 Å². The molecule has 1 aliphatic heterocycles. The van der Waals surface area contributed by atoms with E-state index >= 15 is 0 Å². The Kier molecular flexibility index (Phi) is 4.61. The van der Waals surface area contributed by atoms with Crippen LogP contribution in [0, 0.1) is 0 Å². The number of carbonyl (C=O) groups excluding carboxylic acids is 2. The summed E-state index contributed by atoms with van der Waals surface area (Å²) in [6, 6.07) is 7.21. The van der Waals surface area contributed by atoms with E-state index in [0.29, 0.717) is 30.2 Å². The fraction of sp³-hybridized carbons (Fsp3) is 0.500. The van der Waals surface area contributed by atoms with Gasteiger partial charge in [-0.3, -0.25) is 13.8 Å². The maximum atomic E-state index is 12.2. The van der Waals surface area contributed by atoms with Gasteiger partial charge in [-0.25, -0.2) is 0 Å². The number of carbonyl (C=O) groups is 2. The molecule has 1 saturated heterocycles. The molecule has 2 rings (SSSR count).